The van der Waals surface area contributed by atoms with Crippen LogP contribution in [0.25, 0.3) is 0 Å². The van der Waals surface area contributed by atoms with E-state index in [1.54, 1.807) is 6.07 Å². The van der Waals surface area contributed by atoms with Gasteiger partial charge in [-0.3, -0.25) is 0 Å². The van der Waals surface area contributed by atoms with Gasteiger partial charge in [0.2, 0.25) is 0 Å². The molecule has 3 heteroatoms. The van der Waals surface area contributed by atoms with Gasteiger partial charge in [-0.1, -0.05) is 49.7 Å². The number of anilines is 1. The molecule has 0 fully saturated rings. The van der Waals surface area contributed by atoms with Crippen LogP contribution in [0.5, 0.6) is 0 Å². The van der Waals surface area contributed by atoms with Gasteiger partial charge >= 0.3 is 0 Å². The van der Waals surface area contributed by atoms with Gasteiger partial charge in [-0.05, 0) is 42.2 Å². The number of rotatable bonds is 5. The highest BCUT2D eigenvalue weighted by Gasteiger charge is 2.10. The van der Waals surface area contributed by atoms with Crippen LogP contribution in [0.2, 0.25) is 5.02 Å². The summed E-state index contributed by atoms with van der Waals surface area (Å²) in [6.45, 7) is 4.24. The summed E-state index contributed by atoms with van der Waals surface area (Å²) in [6.07, 6.45) is 1.95. The number of hydrogen-bond donors (Lipinski definition) is 1. The predicted octanol–water partition coefficient (Wildman–Crippen LogP) is 5.60. The van der Waals surface area contributed by atoms with Crippen LogP contribution in [0.15, 0.2) is 42.5 Å². The molecule has 0 radical (unpaired) electrons. The van der Waals surface area contributed by atoms with Crippen molar-refractivity contribution in [1.82, 2.24) is 0 Å². The van der Waals surface area contributed by atoms with E-state index in [-0.39, 0.29) is 11.9 Å². The van der Waals surface area contributed by atoms with Crippen LogP contribution in [0.1, 0.15) is 37.4 Å². The number of halogens is 2. The van der Waals surface area contributed by atoms with Crippen molar-refractivity contribution in [2.45, 2.75) is 32.7 Å². The Labute approximate surface area is 124 Å². The van der Waals surface area contributed by atoms with Gasteiger partial charge in [0.1, 0.15) is 5.82 Å². The third-order valence-corrected chi connectivity index (χ3v) is 3.62. The van der Waals surface area contributed by atoms with Crippen LogP contribution in [0.4, 0.5) is 10.1 Å². The zero-order valence-electron chi connectivity index (χ0n) is 11.8. The second-order valence-electron chi connectivity index (χ2n) is 4.86. The van der Waals surface area contributed by atoms with Crippen molar-refractivity contribution < 1.29 is 4.39 Å². The van der Waals surface area contributed by atoms with Crippen molar-refractivity contribution >= 4 is 17.3 Å². The van der Waals surface area contributed by atoms with Gasteiger partial charge < -0.3 is 5.32 Å². The van der Waals surface area contributed by atoms with Crippen molar-refractivity contribution in [3.05, 3.63) is 64.4 Å². The number of benzene rings is 2. The van der Waals surface area contributed by atoms with Crippen molar-refractivity contribution in [2.24, 2.45) is 0 Å². The van der Waals surface area contributed by atoms with Crippen LogP contribution in [0.3, 0.4) is 0 Å². The van der Waals surface area contributed by atoms with Crippen molar-refractivity contribution in [2.75, 3.05) is 5.32 Å². The second kappa shape index (κ2) is 6.76. The number of aryl methyl sites for hydroxylation is 1. The van der Waals surface area contributed by atoms with E-state index in [1.165, 1.54) is 23.3 Å². The summed E-state index contributed by atoms with van der Waals surface area (Å²) >= 11 is 5.88. The van der Waals surface area contributed by atoms with Crippen LogP contribution < -0.4 is 5.32 Å². The third kappa shape index (κ3) is 3.73. The van der Waals surface area contributed by atoms with Gasteiger partial charge in [0.15, 0.2) is 0 Å². The monoisotopic (exact) mass is 291 g/mol. The Morgan fingerprint density at radius 3 is 2.35 bits per heavy atom. The van der Waals surface area contributed by atoms with Gasteiger partial charge in [0.05, 0.1) is 6.04 Å². The fourth-order valence-electron chi connectivity index (χ4n) is 2.25. The SMILES string of the molecule is CCc1ccc(C(CC)Nc2cc(F)cc(Cl)c2)cc1. The molecule has 106 valence electrons. The van der Waals surface area contributed by atoms with Gasteiger partial charge in [-0.15, -0.1) is 0 Å². The summed E-state index contributed by atoms with van der Waals surface area (Å²) in [5.74, 6) is -0.323. The normalized spacial score (nSPS) is 12.2. The molecule has 1 atom stereocenters. The topological polar surface area (TPSA) is 12.0 Å². The molecule has 0 saturated heterocycles. The van der Waals surface area contributed by atoms with Crippen molar-refractivity contribution in [3.63, 3.8) is 0 Å². The molecule has 2 aromatic rings. The van der Waals surface area contributed by atoms with Gasteiger partial charge in [-0.2, -0.15) is 0 Å². The van der Waals surface area contributed by atoms with Crippen LogP contribution in [-0.2, 0) is 6.42 Å². The fourth-order valence-corrected chi connectivity index (χ4v) is 2.47. The molecule has 2 aromatic carbocycles. The maximum atomic E-state index is 13.4. The maximum Gasteiger partial charge on any atom is 0.126 e. The van der Waals surface area contributed by atoms with Crippen LogP contribution in [-0.4, -0.2) is 0 Å². The summed E-state index contributed by atoms with van der Waals surface area (Å²) in [6, 6.07) is 13.2. The lowest BCUT2D eigenvalue weighted by atomic mass is 10.0. The summed E-state index contributed by atoms with van der Waals surface area (Å²) in [5, 5.41) is 3.75. The Bertz CT molecular complexity index is 545. The van der Waals surface area contributed by atoms with E-state index < -0.39 is 0 Å². The molecule has 0 spiro atoms. The first-order valence-electron chi connectivity index (χ1n) is 6.93. The van der Waals surface area contributed by atoms with E-state index in [2.05, 4.69) is 43.4 Å². The molecular weight excluding hydrogens is 273 g/mol. The molecule has 0 amide bonds. The molecule has 0 heterocycles. The standard InChI is InChI=1S/C17H19ClFN/c1-3-12-5-7-13(8-6-12)17(4-2)20-16-10-14(18)9-15(19)11-16/h5-11,17,20H,3-4H2,1-2H3. The van der Waals surface area contributed by atoms with E-state index in [1.807, 2.05) is 0 Å². The zero-order chi connectivity index (χ0) is 14.5. The van der Waals surface area contributed by atoms with Crippen molar-refractivity contribution in [1.29, 1.82) is 0 Å². The average Bonchev–Trinajstić information content (AvgIpc) is 2.44. The van der Waals surface area contributed by atoms with Gasteiger partial charge in [0.25, 0.3) is 0 Å². The zero-order valence-corrected chi connectivity index (χ0v) is 12.5. The van der Waals surface area contributed by atoms with E-state index in [4.69, 9.17) is 11.6 Å². The lowest BCUT2D eigenvalue weighted by Gasteiger charge is -2.19. The largest absolute Gasteiger partial charge is 0.378 e. The van der Waals surface area contributed by atoms with Gasteiger partial charge in [-0.25, -0.2) is 4.39 Å². The van der Waals surface area contributed by atoms with E-state index in [0.29, 0.717) is 10.7 Å². The van der Waals surface area contributed by atoms with Gasteiger partial charge in [0, 0.05) is 10.7 Å². The number of hydrogen-bond acceptors (Lipinski definition) is 1. The minimum atomic E-state index is -0.323. The first-order valence-corrected chi connectivity index (χ1v) is 7.31. The molecule has 0 bridgehead atoms. The molecular formula is C17H19ClFN. The molecule has 1 N–H and O–H groups in total. The molecule has 0 saturated carbocycles. The predicted molar refractivity (Wildman–Crippen MR) is 83.9 cm³/mol. The lowest BCUT2D eigenvalue weighted by molar-refractivity contribution is 0.627. The summed E-state index contributed by atoms with van der Waals surface area (Å²) in [5.41, 5.74) is 3.23. The van der Waals surface area contributed by atoms with E-state index >= 15 is 0 Å². The maximum absolute atomic E-state index is 13.4. The molecule has 1 unspecified atom stereocenters. The quantitative estimate of drug-likeness (QED) is 0.755. The fraction of sp³-hybridized carbons (Fsp3) is 0.294. The highest BCUT2D eigenvalue weighted by Crippen LogP contribution is 2.25. The number of nitrogens with one attached hydrogen (secondary N) is 1. The second-order valence-corrected chi connectivity index (χ2v) is 5.29. The molecule has 0 aliphatic rings. The molecule has 2 rings (SSSR count). The molecule has 0 aromatic heterocycles. The minimum absolute atomic E-state index is 0.152. The Kier molecular flexibility index (Phi) is 5.02. The first-order chi connectivity index (χ1) is 9.62. The van der Waals surface area contributed by atoms with Crippen LogP contribution in [0, 0.1) is 5.82 Å². The Balaban J connectivity index is 2.19. The summed E-state index contributed by atoms with van der Waals surface area (Å²) in [7, 11) is 0. The smallest absolute Gasteiger partial charge is 0.126 e. The van der Waals surface area contributed by atoms with Crippen LogP contribution >= 0.6 is 11.6 Å². The summed E-state index contributed by atoms with van der Waals surface area (Å²) in [4.78, 5) is 0. The Hall–Kier alpha value is -1.54. The Morgan fingerprint density at radius 1 is 1.10 bits per heavy atom. The van der Waals surface area contributed by atoms with E-state index in [0.717, 1.165) is 12.8 Å². The minimum Gasteiger partial charge on any atom is -0.378 e. The molecule has 0 aliphatic heterocycles. The molecule has 1 nitrogen and oxygen atoms in total. The van der Waals surface area contributed by atoms with Crippen molar-refractivity contribution in [3.8, 4) is 0 Å². The average molecular weight is 292 g/mol. The Morgan fingerprint density at radius 2 is 1.80 bits per heavy atom. The first kappa shape index (κ1) is 14.9. The lowest BCUT2D eigenvalue weighted by Crippen LogP contribution is -2.09. The molecule has 0 aliphatic carbocycles. The molecule has 20 heavy (non-hydrogen) atoms. The van der Waals surface area contributed by atoms with E-state index in [9.17, 15) is 4.39 Å². The third-order valence-electron chi connectivity index (χ3n) is 3.40. The highest BCUT2D eigenvalue weighted by atomic mass is 35.5. The summed E-state index contributed by atoms with van der Waals surface area (Å²) < 4.78 is 13.4. The highest BCUT2D eigenvalue weighted by molar-refractivity contribution is 6.30.